The second-order valence-corrected chi connectivity index (χ2v) is 7.48. The van der Waals surface area contributed by atoms with Crippen molar-refractivity contribution in [3.05, 3.63) is 76.5 Å². The molecule has 30 heavy (non-hydrogen) atoms. The van der Waals surface area contributed by atoms with Crippen molar-refractivity contribution < 1.29 is 4.92 Å². The van der Waals surface area contributed by atoms with Gasteiger partial charge >= 0.3 is 0 Å². The minimum atomic E-state index is -0.422. The fourth-order valence-corrected chi connectivity index (χ4v) is 3.50. The fraction of sp³-hybridized carbons (Fsp3) is 0.273. The van der Waals surface area contributed by atoms with Crippen molar-refractivity contribution in [3.8, 4) is 11.3 Å². The highest BCUT2D eigenvalue weighted by Gasteiger charge is 2.14. The average Bonchev–Trinajstić information content (AvgIpc) is 2.76. The maximum atomic E-state index is 11.0. The number of benzene rings is 2. The summed E-state index contributed by atoms with van der Waals surface area (Å²) < 4.78 is 0. The van der Waals surface area contributed by atoms with Gasteiger partial charge in [0.05, 0.1) is 10.6 Å². The molecule has 0 aliphatic carbocycles. The summed E-state index contributed by atoms with van der Waals surface area (Å²) in [5.74, 6) is 0.400. The molecule has 2 aromatic carbocycles. The predicted octanol–water partition coefficient (Wildman–Crippen LogP) is 3.54. The molecule has 0 radical (unpaired) electrons. The number of nitro groups is 1. The Bertz CT molecular complexity index is 1030. The Balaban J connectivity index is 1.49. The number of hydrogen-bond donors (Lipinski definition) is 1. The molecular formula is C22H24N6O2. The number of non-ortho nitro benzene ring substituents is 1. The number of rotatable bonds is 6. The molecule has 0 spiro atoms. The van der Waals surface area contributed by atoms with E-state index in [1.807, 2.05) is 12.1 Å². The third-order valence-corrected chi connectivity index (χ3v) is 5.19. The maximum Gasteiger partial charge on any atom is 0.271 e. The van der Waals surface area contributed by atoms with Crippen LogP contribution in [0.5, 0.6) is 0 Å². The Labute approximate surface area is 175 Å². The van der Waals surface area contributed by atoms with Gasteiger partial charge in [0, 0.05) is 62.3 Å². The summed E-state index contributed by atoms with van der Waals surface area (Å²) in [5.41, 5.74) is 3.67. The highest BCUT2D eigenvalue weighted by molar-refractivity contribution is 5.63. The zero-order chi connectivity index (χ0) is 20.9. The number of anilines is 2. The van der Waals surface area contributed by atoms with Crippen LogP contribution in [-0.2, 0) is 6.54 Å². The minimum Gasteiger partial charge on any atom is -0.324 e. The van der Waals surface area contributed by atoms with Crippen LogP contribution in [0.25, 0.3) is 11.3 Å². The van der Waals surface area contributed by atoms with Gasteiger partial charge in [0.15, 0.2) is 0 Å². The normalized spacial score (nSPS) is 15.1. The summed E-state index contributed by atoms with van der Waals surface area (Å²) >= 11 is 0. The molecule has 1 N–H and O–H groups in total. The minimum absolute atomic E-state index is 0.0211. The van der Waals surface area contributed by atoms with Gasteiger partial charge in [-0.2, -0.15) is 0 Å². The lowest BCUT2D eigenvalue weighted by molar-refractivity contribution is -0.384. The van der Waals surface area contributed by atoms with Crippen LogP contribution in [0.3, 0.4) is 0 Å². The molecule has 154 valence electrons. The quantitative estimate of drug-likeness (QED) is 0.497. The van der Waals surface area contributed by atoms with Crippen molar-refractivity contribution in [2.24, 2.45) is 0 Å². The largest absolute Gasteiger partial charge is 0.324 e. The molecule has 3 aromatic rings. The van der Waals surface area contributed by atoms with Crippen LogP contribution in [0.2, 0.25) is 0 Å². The zero-order valence-electron chi connectivity index (χ0n) is 16.9. The van der Waals surface area contributed by atoms with Crippen LogP contribution in [-0.4, -0.2) is 57.9 Å². The molecule has 1 saturated heterocycles. The van der Waals surface area contributed by atoms with E-state index in [0.29, 0.717) is 11.6 Å². The Morgan fingerprint density at radius 1 is 1.07 bits per heavy atom. The van der Waals surface area contributed by atoms with Gasteiger partial charge in [0.1, 0.15) is 0 Å². The van der Waals surface area contributed by atoms with Gasteiger partial charge in [-0.15, -0.1) is 0 Å². The van der Waals surface area contributed by atoms with Gasteiger partial charge < -0.3 is 10.2 Å². The fourth-order valence-electron chi connectivity index (χ4n) is 3.50. The van der Waals surface area contributed by atoms with Gasteiger partial charge in [-0.25, -0.2) is 9.97 Å². The highest BCUT2D eigenvalue weighted by Crippen LogP contribution is 2.23. The van der Waals surface area contributed by atoms with E-state index in [-0.39, 0.29) is 5.69 Å². The van der Waals surface area contributed by atoms with Crippen molar-refractivity contribution in [1.29, 1.82) is 0 Å². The highest BCUT2D eigenvalue weighted by atomic mass is 16.6. The van der Waals surface area contributed by atoms with Gasteiger partial charge in [-0.3, -0.25) is 15.0 Å². The Morgan fingerprint density at radius 3 is 2.67 bits per heavy atom. The summed E-state index contributed by atoms with van der Waals surface area (Å²) in [7, 11) is 2.16. The molecule has 0 amide bonds. The Morgan fingerprint density at radius 2 is 1.87 bits per heavy atom. The van der Waals surface area contributed by atoms with E-state index in [1.165, 1.54) is 17.7 Å². The van der Waals surface area contributed by atoms with Crippen LogP contribution >= 0.6 is 0 Å². The van der Waals surface area contributed by atoms with Gasteiger partial charge in [0.2, 0.25) is 5.95 Å². The predicted molar refractivity (Wildman–Crippen MR) is 117 cm³/mol. The summed E-state index contributed by atoms with van der Waals surface area (Å²) in [4.78, 5) is 24.2. The van der Waals surface area contributed by atoms with Crippen molar-refractivity contribution in [2.45, 2.75) is 6.54 Å². The smallest absolute Gasteiger partial charge is 0.271 e. The third kappa shape index (κ3) is 4.97. The van der Waals surface area contributed by atoms with Crippen LogP contribution in [0.4, 0.5) is 17.3 Å². The van der Waals surface area contributed by atoms with Crippen LogP contribution in [0, 0.1) is 10.1 Å². The van der Waals surface area contributed by atoms with Crippen molar-refractivity contribution in [1.82, 2.24) is 19.8 Å². The lowest BCUT2D eigenvalue weighted by Gasteiger charge is -2.32. The number of aromatic nitrogens is 2. The number of piperazine rings is 1. The molecular weight excluding hydrogens is 380 g/mol. The molecule has 4 rings (SSSR count). The van der Waals surface area contributed by atoms with E-state index in [1.54, 1.807) is 18.3 Å². The van der Waals surface area contributed by atoms with Crippen molar-refractivity contribution >= 4 is 17.3 Å². The van der Waals surface area contributed by atoms with Gasteiger partial charge in [-0.1, -0.05) is 24.3 Å². The van der Waals surface area contributed by atoms with Crippen LogP contribution in [0.1, 0.15) is 5.56 Å². The molecule has 1 aromatic heterocycles. The molecule has 1 aliphatic heterocycles. The third-order valence-electron chi connectivity index (χ3n) is 5.19. The van der Waals surface area contributed by atoms with E-state index in [2.05, 4.69) is 50.3 Å². The standard InChI is InChI=1S/C22H24N6O2/c1-26-10-12-27(13-11-26)16-17-4-2-5-18(14-17)21-8-9-23-22(25-21)24-19-6-3-7-20(15-19)28(29)30/h2-9,14-15H,10-13,16H2,1H3,(H,23,24,25). The van der Waals surface area contributed by atoms with Crippen molar-refractivity contribution in [2.75, 3.05) is 38.5 Å². The van der Waals surface area contributed by atoms with Crippen LogP contribution in [0.15, 0.2) is 60.8 Å². The lowest BCUT2D eigenvalue weighted by Crippen LogP contribution is -2.43. The lowest BCUT2D eigenvalue weighted by atomic mass is 10.1. The number of nitrogens with one attached hydrogen (secondary N) is 1. The first kappa shape index (κ1) is 19.9. The topological polar surface area (TPSA) is 87.4 Å². The van der Waals surface area contributed by atoms with E-state index in [0.717, 1.165) is 44.0 Å². The molecule has 0 unspecified atom stereocenters. The van der Waals surface area contributed by atoms with Crippen LogP contribution < -0.4 is 5.32 Å². The molecule has 1 aliphatic rings. The first-order valence-corrected chi connectivity index (χ1v) is 9.91. The van der Waals surface area contributed by atoms with Crippen molar-refractivity contribution in [3.63, 3.8) is 0 Å². The molecule has 1 fully saturated rings. The number of hydrogen-bond acceptors (Lipinski definition) is 7. The summed E-state index contributed by atoms with van der Waals surface area (Å²) in [6.45, 7) is 5.26. The Hall–Kier alpha value is -3.36. The number of nitrogens with zero attached hydrogens (tertiary/aromatic N) is 5. The maximum absolute atomic E-state index is 11.0. The number of likely N-dealkylation sites (N-methyl/N-ethyl adjacent to an activating group) is 1. The van der Waals surface area contributed by atoms with E-state index in [9.17, 15) is 10.1 Å². The molecule has 0 bridgehead atoms. The molecule has 8 heteroatoms. The van der Waals surface area contributed by atoms with E-state index < -0.39 is 4.92 Å². The first-order chi connectivity index (χ1) is 14.6. The van der Waals surface area contributed by atoms with E-state index in [4.69, 9.17) is 0 Å². The molecule has 0 saturated carbocycles. The number of nitro benzene ring substituents is 1. The summed E-state index contributed by atoms with van der Waals surface area (Å²) in [5, 5.41) is 14.0. The monoisotopic (exact) mass is 404 g/mol. The SMILES string of the molecule is CN1CCN(Cc2cccc(-c3ccnc(Nc4cccc([N+](=O)[O-])c4)n3)c2)CC1. The molecule has 8 nitrogen and oxygen atoms in total. The molecule has 0 atom stereocenters. The second-order valence-electron chi connectivity index (χ2n) is 7.48. The molecule has 2 heterocycles. The average molecular weight is 404 g/mol. The second kappa shape index (κ2) is 8.98. The first-order valence-electron chi connectivity index (χ1n) is 9.91. The Kier molecular flexibility index (Phi) is 5.97. The van der Waals surface area contributed by atoms with Gasteiger partial charge in [0.25, 0.3) is 5.69 Å². The zero-order valence-corrected chi connectivity index (χ0v) is 16.9. The summed E-state index contributed by atoms with van der Waals surface area (Å²) in [6, 6.07) is 16.6. The van der Waals surface area contributed by atoms with E-state index >= 15 is 0 Å². The summed E-state index contributed by atoms with van der Waals surface area (Å²) in [6.07, 6.45) is 1.69. The van der Waals surface area contributed by atoms with Gasteiger partial charge in [-0.05, 0) is 30.8 Å².